The highest BCUT2D eigenvalue weighted by atomic mass is 16.3. The number of allylic oxidation sites excluding steroid dienone is 2. The van der Waals surface area contributed by atoms with E-state index < -0.39 is 0 Å². The second-order valence-electron chi connectivity index (χ2n) is 5.71. The Balaban J connectivity index is 2.44. The average molecular weight is 361 g/mol. The van der Waals surface area contributed by atoms with E-state index in [1.165, 1.54) is 6.20 Å². The summed E-state index contributed by atoms with van der Waals surface area (Å²) in [5, 5.41) is 15.7. The molecule has 27 heavy (non-hydrogen) atoms. The Bertz CT molecular complexity index is 927. The molecule has 2 aromatic rings. The Kier molecular flexibility index (Phi) is 6.61. The van der Waals surface area contributed by atoms with E-state index in [1.807, 2.05) is 18.2 Å². The molecule has 5 nitrogen and oxygen atoms in total. The average Bonchev–Trinajstić information content (AvgIpc) is 2.67. The maximum Gasteiger partial charge on any atom is 0.255 e. The number of phenols is 1. The first-order chi connectivity index (χ1) is 13.0. The van der Waals surface area contributed by atoms with Gasteiger partial charge in [-0.15, -0.1) is 0 Å². The lowest BCUT2D eigenvalue weighted by atomic mass is 9.99. The quantitative estimate of drug-likeness (QED) is 0.438. The van der Waals surface area contributed by atoms with E-state index in [-0.39, 0.29) is 17.2 Å². The fourth-order valence-electron chi connectivity index (χ4n) is 2.55. The lowest BCUT2D eigenvalue weighted by Crippen LogP contribution is -2.14. The molecule has 0 fully saturated rings. The molecule has 0 aliphatic carbocycles. The summed E-state index contributed by atoms with van der Waals surface area (Å²) in [6.07, 6.45) is 7.86. The van der Waals surface area contributed by atoms with Crippen LogP contribution in [0.3, 0.4) is 0 Å². The van der Waals surface area contributed by atoms with Crippen LogP contribution in [0.1, 0.15) is 5.56 Å². The second kappa shape index (κ2) is 9.10. The first kappa shape index (κ1) is 19.6. The lowest BCUT2D eigenvalue weighted by Gasteiger charge is -2.16. The number of anilines is 2. The van der Waals surface area contributed by atoms with Gasteiger partial charge in [-0.1, -0.05) is 43.5 Å². The van der Waals surface area contributed by atoms with Crippen molar-refractivity contribution in [3.8, 4) is 16.9 Å². The topological polar surface area (TPSA) is 87.4 Å². The maximum atomic E-state index is 12.5. The molecule has 0 aromatic heterocycles. The van der Waals surface area contributed by atoms with Crippen LogP contribution in [0.15, 0.2) is 79.6 Å². The number of phenolic OH excluding ortho intramolecular Hbond substituents is 1. The molecule has 5 heteroatoms. The zero-order valence-corrected chi connectivity index (χ0v) is 15.2. The van der Waals surface area contributed by atoms with Crippen LogP contribution in [0.25, 0.3) is 17.2 Å². The molecule has 0 unspecified atom stereocenters. The number of carbonyl (C=O) groups excluding carboxylic acids is 1. The molecule has 5 N–H and O–H groups in total. The predicted octanol–water partition coefficient (Wildman–Crippen LogP) is 4.27. The van der Waals surface area contributed by atoms with Crippen LogP contribution < -0.4 is 16.4 Å². The van der Waals surface area contributed by atoms with E-state index in [0.29, 0.717) is 5.69 Å². The van der Waals surface area contributed by atoms with Crippen molar-refractivity contribution in [1.29, 1.82) is 0 Å². The molecule has 0 saturated heterocycles. The fraction of sp³-hybridized carbons (Fsp3) is 0.0455. The Morgan fingerprint density at radius 3 is 2.52 bits per heavy atom. The standard InChI is InChI=1S/C22H23N3O2/c1-4-19-20(24-3)13-17(16-9-7-10-18(26)12-16)14-21(19)25-22(27)15(2)8-5-6-11-23/h4-14,24,26H,1-2,23H2,3H3,(H,25,27)/b8-5-,11-6-. The Morgan fingerprint density at radius 2 is 1.89 bits per heavy atom. The lowest BCUT2D eigenvalue weighted by molar-refractivity contribution is -0.112. The number of rotatable bonds is 7. The van der Waals surface area contributed by atoms with Crippen LogP contribution in [-0.2, 0) is 4.79 Å². The van der Waals surface area contributed by atoms with Gasteiger partial charge in [-0.3, -0.25) is 4.79 Å². The van der Waals surface area contributed by atoms with Crippen LogP contribution in [0.4, 0.5) is 11.4 Å². The molecule has 0 aliphatic rings. The van der Waals surface area contributed by atoms with Gasteiger partial charge in [0.2, 0.25) is 0 Å². The van der Waals surface area contributed by atoms with Gasteiger partial charge in [0.25, 0.3) is 5.91 Å². The highest BCUT2D eigenvalue weighted by molar-refractivity contribution is 6.07. The first-order valence-electron chi connectivity index (χ1n) is 8.33. The third-order valence-corrected chi connectivity index (χ3v) is 3.89. The molecule has 2 rings (SSSR count). The molecule has 0 aliphatic heterocycles. The van der Waals surface area contributed by atoms with E-state index >= 15 is 0 Å². The first-order valence-corrected chi connectivity index (χ1v) is 8.33. The summed E-state index contributed by atoms with van der Waals surface area (Å²) in [7, 11) is 1.79. The summed E-state index contributed by atoms with van der Waals surface area (Å²) in [6, 6.07) is 10.7. The second-order valence-corrected chi connectivity index (χ2v) is 5.71. The van der Waals surface area contributed by atoms with Crippen molar-refractivity contribution < 1.29 is 9.90 Å². The van der Waals surface area contributed by atoms with Gasteiger partial charge in [-0.2, -0.15) is 0 Å². The van der Waals surface area contributed by atoms with Crippen molar-refractivity contribution in [3.63, 3.8) is 0 Å². The number of hydrogen-bond donors (Lipinski definition) is 4. The van der Waals surface area contributed by atoms with Gasteiger partial charge in [-0.05, 0) is 47.7 Å². The summed E-state index contributed by atoms with van der Waals surface area (Å²) >= 11 is 0. The third kappa shape index (κ3) is 4.89. The number of hydrogen-bond acceptors (Lipinski definition) is 4. The Morgan fingerprint density at radius 1 is 1.15 bits per heavy atom. The molecule has 0 saturated carbocycles. The fourth-order valence-corrected chi connectivity index (χ4v) is 2.55. The Labute approximate surface area is 159 Å². The Hall–Kier alpha value is -3.73. The number of nitrogens with one attached hydrogen (secondary N) is 2. The predicted molar refractivity (Wildman–Crippen MR) is 113 cm³/mol. The summed E-state index contributed by atoms with van der Waals surface area (Å²) in [5.41, 5.74) is 9.36. The van der Waals surface area contributed by atoms with Crippen molar-refractivity contribution in [1.82, 2.24) is 0 Å². The molecule has 138 valence electrons. The number of benzene rings is 2. The van der Waals surface area contributed by atoms with E-state index in [1.54, 1.807) is 49.6 Å². The molecule has 0 atom stereocenters. The largest absolute Gasteiger partial charge is 0.508 e. The van der Waals surface area contributed by atoms with Gasteiger partial charge in [0, 0.05) is 23.9 Å². The molecule has 0 heterocycles. The van der Waals surface area contributed by atoms with E-state index in [0.717, 1.165) is 22.4 Å². The summed E-state index contributed by atoms with van der Waals surface area (Å²) in [4.78, 5) is 12.5. The summed E-state index contributed by atoms with van der Waals surface area (Å²) < 4.78 is 0. The van der Waals surface area contributed by atoms with Crippen LogP contribution in [0.2, 0.25) is 0 Å². The number of amides is 1. The minimum Gasteiger partial charge on any atom is -0.508 e. The van der Waals surface area contributed by atoms with Gasteiger partial charge in [0.05, 0.1) is 5.69 Å². The van der Waals surface area contributed by atoms with Gasteiger partial charge in [0.15, 0.2) is 0 Å². The summed E-state index contributed by atoms with van der Waals surface area (Å²) in [5.74, 6) is -0.168. The van der Waals surface area contributed by atoms with Gasteiger partial charge < -0.3 is 21.5 Å². The zero-order valence-electron chi connectivity index (χ0n) is 15.2. The SMILES string of the molecule is C=Cc1c(NC)cc(-c2cccc(O)c2)cc1NC(=O)C(=C)/C=C\C=C/N. The van der Waals surface area contributed by atoms with Crippen LogP contribution in [-0.4, -0.2) is 18.1 Å². The van der Waals surface area contributed by atoms with Gasteiger partial charge in [0.1, 0.15) is 5.75 Å². The minimum atomic E-state index is -0.338. The summed E-state index contributed by atoms with van der Waals surface area (Å²) in [6.45, 7) is 7.60. The monoisotopic (exact) mass is 361 g/mol. The van der Waals surface area contributed by atoms with E-state index in [4.69, 9.17) is 5.73 Å². The normalized spacial score (nSPS) is 10.9. The molecule has 0 spiro atoms. The van der Waals surface area contributed by atoms with Crippen LogP contribution in [0, 0.1) is 0 Å². The highest BCUT2D eigenvalue weighted by Gasteiger charge is 2.13. The molecule has 2 aromatic carbocycles. The molecule has 0 radical (unpaired) electrons. The minimum absolute atomic E-state index is 0.170. The smallest absolute Gasteiger partial charge is 0.255 e. The van der Waals surface area contributed by atoms with Crippen molar-refractivity contribution in [2.45, 2.75) is 0 Å². The number of carbonyl (C=O) groups is 1. The highest BCUT2D eigenvalue weighted by Crippen LogP contribution is 2.34. The zero-order chi connectivity index (χ0) is 19.8. The van der Waals surface area contributed by atoms with Gasteiger partial charge in [-0.25, -0.2) is 0 Å². The van der Waals surface area contributed by atoms with E-state index in [9.17, 15) is 9.90 Å². The molecule has 1 amide bonds. The molecular weight excluding hydrogens is 338 g/mol. The molecule has 0 bridgehead atoms. The van der Waals surface area contributed by atoms with Crippen molar-refractivity contribution in [3.05, 3.63) is 85.1 Å². The van der Waals surface area contributed by atoms with Gasteiger partial charge >= 0.3 is 0 Å². The number of aromatic hydroxyl groups is 1. The van der Waals surface area contributed by atoms with Crippen LogP contribution >= 0.6 is 0 Å². The molecular formula is C22H23N3O2. The van der Waals surface area contributed by atoms with Crippen molar-refractivity contribution in [2.24, 2.45) is 5.73 Å². The van der Waals surface area contributed by atoms with Crippen molar-refractivity contribution in [2.75, 3.05) is 17.7 Å². The number of nitrogens with two attached hydrogens (primary N) is 1. The maximum absolute atomic E-state index is 12.5. The van der Waals surface area contributed by atoms with Crippen LogP contribution in [0.5, 0.6) is 5.75 Å². The van der Waals surface area contributed by atoms with Crippen molar-refractivity contribution >= 4 is 23.4 Å². The van der Waals surface area contributed by atoms with E-state index in [2.05, 4.69) is 23.8 Å². The third-order valence-electron chi connectivity index (χ3n) is 3.89.